The van der Waals surface area contributed by atoms with E-state index in [-0.39, 0.29) is 5.69 Å². The summed E-state index contributed by atoms with van der Waals surface area (Å²) in [7, 11) is 0. The lowest BCUT2D eigenvalue weighted by Gasteiger charge is -2.03. The third-order valence-electron chi connectivity index (χ3n) is 1.71. The molecular formula is C8H9FN2O2S. The molecule has 6 heteroatoms. The van der Waals surface area contributed by atoms with Crippen molar-refractivity contribution in [3.05, 3.63) is 33.6 Å². The highest BCUT2D eigenvalue weighted by Gasteiger charge is 2.16. The Morgan fingerprint density at radius 3 is 2.79 bits per heavy atom. The van der Waals surface area contributed by atoms with Crippen LogP contribution in [0.3, 0.4) is 0 Å². The molecule has 1 rings (SSSR count). The van der Waals surface area contributed by atoms with E-state index in [2.05, 4.69) is 0 Å². The van der Waals surface area contributed by atoms with E-state index in [1.165, 1.54) is 17.8 Å². The summed E-state index contributed by atoms with van der Waals surface area (Å²) >= 11 is 1.47. The van der Waals surface area contributed by atoms with Gasteiger partial charge in [0.1, 0.15) is 0 Å². The number of anilines is 1. The average molecular weight is 216 g/mol. The Morgan fingerprint density at radius 1 is 1.64 bits per heavy atom. The first-order chi connectivity index (χ1) is 6.56. The Hall–Kier alpha value is -1.30. The van der Waals surface area contributed by atoms with Crippen LogP contribution in [0.4, 0.5) is 15.8 Å². The maximum Gasteiger partial charge on any atom is 0.305 e. The molecule has 0 bridgehead atoms. The van der Waals surface area contributed by atoms with Crippen molar-refractivity contribution in [3.63, 3.8) is 0 Å². The molecule has 2 N–H and O–H groups in total. The number of benzene rings is 1. The summed E-state index contributed by atoms with van der Waals surface area (Å²) < 4.78 is 13.0. The van der Waals surface area contributed by atoms with Crippen molar-refractivity contribution in [2.45, 2.75) is 5.75 Å². The minimum absolute atomic E-state index is 0.252. The topological polar surface area (TPSA) is 69.2 Å². The van der Waals surface area contributed by atoms with Gasteiger partial charge in [-0.3, -0.25) is 10.1 Å². The van der Waals surface area contributed by atoms with Crippen molar-refractivity contribution in [3.8, 4) is 0 Å². The van der Waals surface area contributed by atoms with Gasteiger partial charge in [-0.1, -0.05) is 0 Å². The van der Waals surface area contributed by atoms with E-state index in [1.54, 1.807) is 0 Å². The molecule has 0 spiro atoms. The van der Waals surface area contributed by atoms with Crippen LogP contribution in [0.2, 0.25) is 0 Å². The molecule has 76 valence electrons. The Morgan fingerprint density at radius 2 is 2.29 bits per heavy atom. The van der Waals surface area contributed by atoms with E-state index in [1.807, 2.05) is 6.26 Å². The second-order valence-electron chi connectivity index (χ2n) is 2.69. The second kappa shape index (κ2) is 4.28. The Kier molecular flexibility index (Phi) is 3.29. The standard InChI is InChI=1S/C8H9FN2O2S/c1-14-4-5-2-8(11(12)13)6(9)3-7(5)10/h2-3H,4,10H2,1H3. The summed E-state index contributed by atoms with van der Waals surface area (Å²) in [5, 5.41) is 10.4. The van der Waals surface area contributed by atoms with Crippen molar-refractivity contribution in [1.29, 1.82) is 0 Å². The van der Waals surface area contributed by atoms with Crippen LogP contribution in [-0.4, -0.2) is 11.2 Å². The number of rotatable bonds is 3. The van der Waals surface area contributed by atoms with Gasteiger partial charge in [0, 0.05) is 23.6 Å². The van der Waals surface area contributed by atoms with Gasteiger partial charge in [-0.2, -0.15) is 16.2 Å². The molecule has 0 amide bonds. The minimum Gasteiger partial charge on any atom is -0.398 e. The van der Waals surface area contributed by atoms with Crippen molar-refractivity contribution in [2.24, 2.45) is 0 Å². The number of nitro benzene ring substituents is 1. The largest absolute Gasteiger partial charge is 0.398 e. The van der Waals surface area contributed by atoms with Crippen molar-refractivity contribution < 1.29 is 9.31 Å². The molecule has 1 aromatic carbocycles. The van der Waals surface area contributed by atoms with Crippen LogP contribution in [0.25, 0.3) is 0 Å². The molecule has 0 aliphatic heterocycles. The molecule has 4 nitrogen and oxygen atoms in total. The molecule has 0 aliphatic rings. The Bertz CT molecular complexity index is 371. The predicted octanol–water partition coefficient (Wildman–Crippen LogP) is 2.18. The van der Waals surface area contributed by atoms with Gasteiger partial charge in [0.2, 0.25) is 5.82 Å². The summed E-state index contributed by atoms with van der Waals surface area (Å²) in [5.41, 5.74) is 5.82. The lowest BCUT2D eigenvalue weighted by molar-refractivity contribution is -0.387. The average Bonchev–Trinajstić information content (AvgIpc) is 2.09. The molecule has 0 saturated carbocycles. The van der Waals surface area contributed by atoms with Crippen molar-refractivity contribution >= 4 is 23.1 Å². The van der Waals surface area contributed by atoms with Gasteiger partial charge in [-0.05, 0) is 11.8 Å². The van der Waals surface area contributed by atoms with E-state index in [4.69, 9.17) is 5.73 Å². The summed E-state index contributed by atoms with van der Waals surface area (Å²) in [6, 6.07) is 2.17. The normalized spacial score (nSPS) is 10.1. The van der Waals surface area contributed by atoms with Gasteiger partial charge in [0.25, 0.3) is 0 Å². The lowest BCUT2D eigenvalue weighted by atomic mass is 10.2. The zero-order chi connectivity index (χ0) is 10.7. The van der Waals surface area contributed by atoms with E-state index < -0.39 is 16.4 Å². The number of hydrogen-bond acceptors (Lipinski definition) is 4. The Balaban J connectivity index is 3.20. The van der Waals surface area contributed by atoms with Gasteiger partial charge in [0.15, 0.2) is 0 Å². The number of thioether (sulfide) groups is 1. The molecular weight excluding hydrogens is 207 g/mol. The highest BCUT2D eigenvalue weighted by molar-refractivity contribution is 7.97. The van der Waals surface area contributed by atoms with Crippen LogP contribution in [0, 0.1) is 15.9 Å². The van der Waals surface area contributed by atoms with Gasteiger partial charge in [-0.15, -0.1) is 0 Å². The SMILES string of the molecule is CSCc1cc([N+](=O)[O-])c(F)cc1N. The first-order valence-electron chi connectivity index (χ1n) is 3.77. The summed E-state index contributed by atoms with van der Waals surface area (Å²) in [6.07, 6.45) is 1.84. The quantitative estimate of drug-likeness (QED) is 0.477. The number of halogens is 1. The van der Waals surface area contributed by atoms with E-state index in [0.717, 1.165) is 6.07 Å². The zero-order valence-electron chi connectivity index (χ0n) is 7.49. The van der Waals surface area contributed by atoms with Gasteiger partial charge >= 0.3 is 5.69 Å². The fourth-order valence-electron chi connectivity index (χ4n) is 1.04. The van der Waals surface area contributed by atoms with Crippen molar-refractivity contribution in [2.75, 3.05) is 12.0 Å². The first-order valence-corrected chi connectivity index (χ1v) is 5.17. The fourth-order valence-corrected chi connectivity index (χ4v) is 1.60. The smallest absolute Gasteiger partial charge is 0.305 e. The van der Waals surface area contributed by atoms with Gasteiger partial charge < -0.3 is 5.73 Å². The van der Waals surface area contributed by atoms with Crippen molar-refractivity contribution in [1.82, 2.24) is 0 Å². The summed E-state index contributed by atoms with van der Waals surface area (Å²) in [5.74, 6) is -0.357. The summed E-state index contributed by atoms with van der Waals surface area (Å²) in [6.45, 7) is 0. The fraction of sp³-hybridized carbons (Fsp3) is 0.250. The highest BCUT2D eigenvalue weighted by atomic mass is 32.2. The van der Waals surface area contributed by atoms with Gasteiger partial charge in [0.05, 0.1) is 4.92 Å². The molecule has 0 aromatic heterocycles. The van der Waals surface area contributed by atoms with Gasteiger partial charge in [-0.25, -0.2) is 0 Å². The van der Waals surface area contributed by atoms with Crippen LogP contribution in [0.1, 0.15) is 5.56 Å². The second-order valence-corrected chi connectivity index (χ2v) is 3.56. The van der Waals surface area contributed by atoms with Crippen LogP contribution in [0.15, 0.2) is 12.1 Å². The zero-order valence-corrected chi connectivity index (χ0v) is 8.31. The van der Waals surface area contributed by atoms with Crippen LogP contribution < -0.4 is 5.73 Å². The van der Waals surface area contributed by atoms with E-state index in [9.17, 15) is 14.5 Å². The highest BCUT2D eigenvalue weighted by Crippen LogP contribution is 2.26. The third kappa shape index (κ3) is 2.14. The number of nitrogen functional groups attached to an aromatic ring is 1. The van der Waals surface area contributed by atoms with E-state index in [0.29, 0.717) is 11.3 Å². The monoisotopic (exact) mass is 216 g/mol. The Labute approximate surface area is 84.4 Å². The molecule has 0 fully saturated rings. The number of hydrogen-bond donors (Lipinski definition) is 1. The number of nitrogens with two attached hydrogens (primary N) is 1. The third-order valence-corrected chi connectivity index (χ3v) is 2.30. The molecule has 14 heavy (non-hydrogen) atoms. The molecule has 0 aliphatic carbocycles. The summed E-state index contributed by atoms with van der Waals surface area (Å²) in [4.78, 5) is 9.66. The predicted molar refractivity (Wildman–Crippen MR) is 54.7 cm³/mol. The maximum absolute atomic E-state index is 13.0. The molecule has 0 saturated heterocycles. The maximum atomic E-state index is 13.0. The number of nitro groups is 1. The molecule has 0 unspecified atom stereocenters. The van der Waals surface area contributed by atoms with Crippen LogP contribution >= 0.6 is 11.8 Å². The molecule has 1 aromatic rings. The lowest BCUT2D eigenvalue weighted by Crippen LogP contribution is -1.99. The molecule has 0 heterocycles. The molecule has 0 atom stereocenters. The number of nitrogens with zero attached hydrogens (tertiary/aromatic N) is 1. The van der Waals surface area contributed by atoms with Crippen LogP contribution in [0.5, 0.6) is 0 Å². The minimum atomic E-state index is -0.891. The van der Waals surface area contributed by atoms with E-state index >= 15 is 0 Å². The van der Waals surface area contributed by atoms with Crippen LogP contribution in [-0.2, 0) is 5.75 Å². The molecule has 0 radical (unpaired) electrons. The first kappa shape index (κ1) is 10.8.